The van der Waals surface area contributed by atoms with Crippen LogP contribution in [0.3, 0.4) is 0 Å². The number of rotatable bonds is 3. The lowest BCUT2D eigenvalue weighted by Gasteiger charge is -1.94. The summed E-state index contributed by atoms with van der Waals surface area (Å²) < 4.78 is 9.67. The van der Waals surface area contributed by atoms with E-state index in [9.17, 15) is 4.79 Å². The second-order valence-electron chi connectivity index (χ2n) is 2.51. The minimum absolute atomic E-state index is 0.0739. The second kappa shape index (κ2) is 3.80. The lowest BCUT2D eigenvalue weighted by molar-refractivity contribution is 0.0662. The van der Waals surface area contributed by atoms with E-state index in [4.69, 9.17) is 14.3 Å². The van der Waals surface area contributed by atoms with Gasteiger partial charge in [-0.15, -0.1) is 0 Å². The van der Waals surface area contributed by atoms with Crippen molar-refractivity contribution in [3.63, 3.8) is 0 Å². The van der Waals surface area contributed by atoms with Crippen LogP contribution >= 0.6 is 0 Å². The van der Waals surface area contributed by atoms with E-state index < -0.39 is 5.97 Å². The maximum atomic E-state index is 10.4. The molecule has 0 aliphatic rings. The third-order valence-corrected chi connectivity index (χ3v) is 1.52. The van der Waals surface area contributed by atoms with Crippen molar-refractivity contribution in [3.8, 4) is 0 Å². The third kappa shape index (κ3) is 2.37. The van der Waals surface area contributed by atoms with Crippen LogP contribution in [0.2, 0.25) is 0 Å². The molecule has 0 unspecified atom stereocenters. The Labute approximate surface area is 75.4 Å². The van der Waals surface area contributed by atoms with Crippen molar-refractivity contribution in [2.75, 3.05) is 7.11 Å². The molecule has 1 aromatic heterocycles. The molecule has 0 radical (unpaired) electrons. The second-order valence-corrected chi connectivity index (χ2v) is 2.51. The number of ether oxygens (including phenoxy) is 1. The summed E-state index contributed by atoms with van der Waals surface area (Å²) in [6, 6.07) is 1.44. The number of carboxylic acids is 1. The van der Waals surface area contributed by atoms with Crippen LogP contribution in [0.15, 0.2) is 22.5 Å². The molecule has 1 rings (SSSR count). The zero-order valence-corrected chi connectivity index (χ0v) is 7.40. The summed E-state index contributed by atoms with van der Waals surface area (Å²) in [7, 11) is 1.55. The van der Waals surface area contributed by atoms with Gasteiger partial charge in [0.1, 0.15) is 0 Å². The summed E-state index contributed by atoms with van der Waals surface area (Å²) in [5.41, 5.74) is 0.678. The predicted octanol–water partition coefficient (Wildman–Crippen LogP) is 1.99. The highest BCUT2D eigenvalue weighted by molar-refractivity contribution is 5.85. The minimum atomic E-state index is -1.07. The molecule has 0 saturated heterocycles. The highest BCUT2D eigenvalue weighted by Crippen LogP contribution is 2.11. The molecule has 0 aliphatic heterocycles. The van der Waals surface area contributed by atoms with Crippen LogP contribution in [-0.2, 0) is 4.74 Å². The van der Waals surface area contributed by atoms with Crippen LogP contribution in [-0.4, -0.2) is 18.2 Å². The van der Waals surface area contributed by atoms with Gasteiger partial charge in [-0.3, -0.25) is 0 Å². The molecule has 0 amide bonds. The Hall–Kier alpha value is -1.71. The van der Waals surface area contributed by atoms with Crippen LogP contribution in [0, 0.1) is 0 Å². The first-order valence-corrected chi connectivity index (χ1v) is 3.67. The number of aromatic carboxylic acids is 1. The van der Waals surface area contributed by atoms with Gasteiger partial charge >= 0.3 is 5.97 Å². The van der Waals surface area contributed by atoms with Crippen LogP contribution in [0.1, 0.15) is 23.0 Å². The topological polar surface area (TPSA) is 59.7 Å². The van der Waals surface area contributed by atoms with Gasteiger partial charge in [-0.25, -0.2) is 4.79 Å². The number of hydrogen-bond acceptors (Lipinski definition) is 3. The van der Waals surface area contributed by atoms with Crippen molar-refractivity contribution < 1.29 is 19.1 Å². The van der Waals surface area contributed by atoms with Crippen molar-refractivity contribution >= 4 is 12.0 Å². The van der Waals surface area contributed by atoms with Gasteiger partial charge < -0.3 is 14.3 Å². The number of allylic oxidation sites excluding steroid dienone is 1. The predicted molar refractivity (Wildman–Crippen MR) is 46.3 cm³/mol. The molecule has 0 fully saturated rings. The van der Waals surface area contributed by atoms with Crippen molar-refractivity contribution in [3.05, 3.63) is 29.4 Å². The quantitative estimate of drug-likeness (QED) is 0.726. The molecule has 0 aromatic carbocycles. The van der Waals surface area contributed by atoms with E-state index in [1.54, 1.807) is 20.1 Å². The minimum Gasteiger partial charge on any atom is -0.501 e. The van der Waals surface area contributed by atoms with E-state index in [1.165, 1.54) is 12.3 Å². The number of hydrogen-bond donors (Lipinski definition) is 1. The summed E-state index contributed by atoms with van der Waals surface area (Å²) in [6.45, 7) is 1.77. The molecular formula is C9H10O4. The van der Waals surface area contributed by atoms with Gasteiger partial charge in [0, 0.05) is 5.56 Å². The summed E-state index contributed by atoms with van der Waals surface area (Å²) >= 11 is 0. The number of methoxy groups -OCH3 is 1. The van der Waals surface area contributed by atoms with Gasteiger partial charge in [-0.05, 0) is 19.1 Å². The van der Waals surface area contributed by atoms with E-state index in [2.05, 4.69) is 0 Å². The lowest BCUT2D eigenvalue weighted by atomic mass is 10.3. The molecule has 1 N–H and O–H groups in total. The van der Waals surface area contributed by atoms with Gasteiger partial charge in [0.15, 0.2) is 0 Å². The van der Waals surface area contributed by atoms with Gasteiger partial charge in [0.25, 0.3) is 0 Å². The SMILES string of the molecule is COC(C)=Cc1coc(C(=O)O)c1. The molecular weight excluding hydrogens is 172 g/mol. The Bertz CT molecular complexity index is 335. The first kappa shape index (κ1) is 9.38. The maximum absolute atomic E-state index is 10.4. The molecule has 4 heteroatoms. The largest absolute Gasteiger partial charge is 0.501 e. The highest BCUT2D eigenvalue weighted by atomic mass is 16.5. The molecule has 4 nitrogen and oxygen atoms in total. The Kier molecular flexibility index (Phi) is 2.74. The molecule has 1 aromatic rings. The summed E-state index contributed by atoms with van der Waals surface area (Å²) in [5.74, 6) is -0.456. The van der Waals surface area contributed by atoms with Crippen LogP contribution in [0.5, 0.6) is 0 Å². The lowest BCUT2D eigenvalue weighted by Crippen LogP contribution is -1.91. The Balaban J connectivity index is 2.86. The Morgan fingerprint density at radius 3 is 2.85 bits per heavy atom. The van der Waals surface area contributed by atoms with Gasteiger partial charge in [-0.1, -0.05) is 0 Å². The number of carbonyl (C=O) groups is 1. The van der Waals surface area contributed by atoms with E-state index in [0.29, 0.717) is 11.3 Å². The molecule has 0 aliphatic carbocycles. The molecule has 13 heavy (non-hydrogen) atoms. The van der Waals surface area contributed by atoms with Crippen molar-refractivity contribution in [2.45, 2.75) is 6.92 Å². The van der Waals surface area contributed by atoms with E-state index in [1.807, 2.05) is 0 Å². The van der Waals surface area contributed by atoms with E-state index in [0.717, 1.165) is 0 Å². The number of furan rings is 1. The van der Waals surface area contributed by atoms with Crippen molar-refractivity contribution in [2.24, 2.45) is 0 Å². The molecule has 1 heterocycles. The average molecular weight is 182 g/mol. The van der Waals surface area contributed by atoms with E-state index in [-0.39, 0.29) is 5.76 Å². The smallest absolute Gasteiger partial charge is 0.371 e. The van der Waals surface area contributed by atoms with Crippen molar-refractivity contribution in [1.29, 1.82) is 0 Å². The summed E-state index contributed by atoms with van der Waals surface area (Å²) in [6.07, 6.45) is 3.06. The van der Waals surface area contributed by atoms with Crippen LogP contribution in [0.4, 0.5) is 0 Å². The van der Waals surface area contributed by atoms with Gasteiger partial charge in [-0.2, -0.15) is 0 Å². The fourth-order valence-electron chi connectivity index (χ4n) is 0.832. The van der Waals surface area contributed by atoms with Gasteiger partial charge in [0.05, 0.1) is 19.1 Å². The Morgan fingerprint density at radius 2 is 2.38 bits per heavy atom. The summed E-state index contributed by atoms with van der Waals surface area (Å²) in [4.78, 5) is 10.4. The fraction of sp³-hybridized carbons (Fsp3) is 0.222. The molecule has 0 bridgehead atoms. The zero-order valence-electron chi connectivity index (χ0n) is 7.40. The third-order valence-electron chi connectivity index (χ3n) is 1.52. The maximum Gasteiger partial charge on any atom is 0.371 e. The first-order valence-electron chi connectivity index (χ1n) is 3.67. The monoisotopic (exact) mass is 182 g/mol. The average Bonchev–Trinajstić information content (AvgIpc) is 2.52. The zero-order chi connectivity index (χ0) is 9.84. The highest BCUT2D eigenvalue weighted by Gasteiger charge is 2.07. The molecule has 70 valence electrons. The van der Waals surface area contributed by atoms with Crippen molar-refractivity contribution in [1.82, 2.24) is 0 Å². The van der Waals surface area contributed by atoms with E-state index >= 15 is 0 Å². The normalized spacial score (nSPS) is 11.4. The molecule has 0 spiro atoms. The van der Waals surface area contributed by atoms with Gasteiger partial charge in [0.2, 0.25) is 5.76 Å². The standard InChI is InChI=1S/C9H10O4/c1-6(12-2)3-7-4-8(9(10)11)13-5-7/h3-5H,1-2H3,(H,10,11). The Morgan fingerprint density at radius 1 is 1.69 bits per heavy atom. The molecule has 0 atom stereocenters. The molecule has 0 saturated carbocycles. The summed E-state index contributed by atoms with van der Waals surface area (Å²) in [5, 5.41) is 8.54. The number of carboxylic acid groups (broad SMARTS) is 1. The van der Waals surface area contributed by atoms with Crippen LogP contribution in [0.25, 0.3) is 6.08 Å². The van der Waals surface area contributed by atoms with Crippen LogP contribution < -0.4 is 0 Å². The first-order chi connectivity index (χ1) is 6.13. The fourth-order valence-corrected chi connectivity index (χ4v) is 0.832.